The van der Waals surface area contributed by atoms with E-state index >= 15 is 0 Å². The van der Waals surface area contributed by atoms with Crippen molar-refractivity contribution in [1.29, 1.82) is 0 Å². The van der Waals surface area contributed by atoms with E-state index < -0.39 is 0 Å². The van der Waals surface area contributed by atoms with Crippen LogP contribution in [0.15, 0.2) is 41.0 Å². The largest absolute Gasteiger partial charge is 0.437 e. The Hall–Kier alpha value is -1.06. The maximum absolute atomic E-state index is 6.02. The Kier molecular flexibility index (Phi) is 3.46. The molecule has 0 bridgehead atoms. The third-order valence-corrected chi connectivity index (χ3v) is 2.74. The van der Waals surface area contributed by atoms with Crippen LogP contribution in [0.2, 0.25) is 5.02 Å². The van der Waals surface area contributed by atoms with Crippen molar-refractivity contribution in [2.24, 2.45) is 0 Å². The number of ether oxygens (including phenoxy) is 1. The van der Waals surface area contributed by atoms with Crippen LogP contribution in [-0.2, 0) is 0 Å². The van der Waals surface area contributed by atoms with Crippen molar-refractivity contribution in [3.63, 3.8) is 0 Å². The summed E-state index contributed by atoms with van der Waals surface area (Å²) >= 11 is 9.31. The lowest BCUT2D eigenvalue weighted by molar-refractivity contribution is 0.462. The number of aryl methyl sites for hydroxylation is 1. The number of hydrogen-bond acceptors (Lipinski definition) is 2. The normalized spacial score (nSPS) is 10.2. The van der Waals surface area contributed by atoms with Gasteiger partial charge in [0.2, 0.25) is 5.88 Å². The van der Waals surface area contributed by atoms with E-state index in [9.17, 15) is 0 Å². The summed E-state index contributed by atoms with van der Waals surface area (Å²) in [5.41, 5.74) is 1.09. The highest BCUT2D eigenvalue weighted by atomic mass is 79.9. The Bertz CT molecular complexity index is 516. The highest BCUT2D eigenvalue weighted by Gasteiger charge is 2.04. The Morgan fingerprint density at radius 1 is 1.25 bits per heavy atom. The van der Waals surface area contributed by atoms with Gasteiger partial charge < -0.3 is 4.74 Å². The molecule has 82 valence electrons. The zero-order chi connectivity index (χ0) is 11.5. The molecule has 0 aliphatic rings. The molecular weight excluding hydrogens is 289 g/mol. The zero-order valence-electron chi connectivity index (χ0n) is 8.58. The molecule has 2 nitrogen and oxygen atoms in total. The quantitative estimate of drug-likeness (QED) is 0.756. The van der Waals surface area contributed by atoms with Gasteiger partial charge in [0.15, 0.2) is 0 Å². The Labute approximate surface area is 107 Å². The molecule has 4 heteroatoms. The van der Waals surface area contributed by atoms with Crippen LogP contribution in [0.25, 0.3) is 0 Å². The maximum atomic E-state index is 6.02. The van der Waals surface area contributed by atoms with Crippen molar-refractivity contribution in [1.82, 2.24) is 4.98 Å². The van der Waals surface area contributed by atoms with E-state index in [-0.39, 0.29) is 0 Å². The molecule has 1 aromatic carbocycles. The summed E-state index contributed by atoms with van der Waals surface area (Å²) in [6.45, 7) is 1.98. The lowest BCUT2D eigenvalue weighted by atomic mass is 10.2. The highest BCUT2D eigenvalue weighted by Crippen LogP contribution is 2.29. The van der Waals surface area contributed by atoms with Crippen molar-refractivity contribution in [2.75, 3.05) is 0 Å². The van der Waals surface area contributed by atoms with Gasteiger partial charge in [-0.3, -0.25) is 0 Å². The standard InChI is InChI=1S/C12H9BrClNO/c1-8-5-6-9(14)10(7-8)16-12-4-2-3-11(13)15-12/h2-7H,1H3. The molecule has 0 aliphatic carbocycles. The summed E-state index contributed by atoms with van der Waals surface area (Å²) in [5.74, 6) is 1.13. The third kappa shape index (κ3) is 2.74. The molecule has 0 fully saturated rings. The minimum atomic E-state index is 0.516. The molecule has 0 N–H and O–H groups in total. The zero-order valence-corrected chi connectivity index (χ0v) is 10.9. The van der Waals surface area contributed by atoms with Crippen LogP contribution in [-0.4, -0.2) is 4.98 Å². The maximum Gasteiger partial charge on any atom is 0.220 e. The first-order valence-electron chi connectivity index (χ1n) is 4.72. The molecule has 0 atom stereocenters. The highest BCUT2D eigenvalue weighted by molar-refractivity contribution is 9.10. The van der Waals surface area contributed by atoms with Crippen LogP contribution in [0.1, 0.15) is 5.56 Å². The van der Waals surface area contributed by atoms with E-state index in [1.165, 1.54) is 0 Å². The van der Waals surface area contributed by atoms with Gasteiger partial charge in [-0.2, -0.15) is 0 Å². The fourth-order valence-corrected chi connectivity index (χ4v) is 1.73. The fourth-order valence-electron chi connectivity index (χ4n) is 1.25. The van der Waals surface area contributed by atoms with E-state index in [1.807, 2.05) is 37.3 Å². The van der Waals surface area contributed by atoms with Gasteiger partial charge in [-0.15, -0.1) is 0 Å². The molecule has 1 aromatic heterocycles. The number of aromatic nitrogens is 1. The van der Waals surface area contributed by atoms with E-state index in [1.54, 1.807) is 6.07 Å². The second-order valence-electron chi connectivity index (χ2n) is 3.33. The van der Waals surface area contributed by atoms with Gasteiger partial charge in [-0.05, 0) is 46.6 Å². The van der Waals surface area contributed by atoms with E-state index in [2.05, 4.69) is 20.9 Å². The first-order chi connectivity index (χ1) is 7.65. The molecule has 0 saturated heterocycles. The van der Waals surface area contributed by atoms with Crippen molar-refractivity contribution in [2.45, 2.75) is 6.92 Å². The summed E-state index contributed by atoms with van der Waals surface area (Å²) in [6, 6.07) is 11.1. The molecule has 0 unspecified atom stereocenters. The molecule has 2 aromatic rings. The topological polar surface area (TPSA) is 22.1 Å². The van der Waals surface area contributed by atoms with Crippen molar-refractivity contribution < 1.29 is 4.74 Å². The van der Waals surface area contributed by atoms with Gasteiger partial charge in [-0.25, -0.2) is 4.98 Å². The molecule has 0 aliphatic heterocycles. The predicted octanol–water partition coefficient (Wildman–Crippen LogP) is 4.60. The van der Waals surface area contributed by atoms with Crippen LogP contribution >= 0.6 is 27.5 Å². The number of rotatable bonds is 2. The molecule has 0 radical (unpaired) electrons. The van der Waals surface area contributed by atoms with Crippen LogP contribution in [0.3, 0.4) is 0 Å². The number of halogens is 2. The smallest absolute Gasteiger partial charge is 0.220 e. The second-order valence-corrected chi connectivity index (χ2v) is 4.55. The predicted molar refractivity (Wildman–Crippen MR) is 68.2 cm³/mol. The molecule has 0 spiro atoms. The molecular formula is C12H9BrClNO. The van der Waals surface area contributed by atoms with Crippen LogP contribution in [0, 0.1) is 6.92 Å². The average molecular weight is 299 g/mol. The van der Waals surface area contributed by atoms with E-state index in [4.69, 9.17) is 16.3 Å². The fraction of sp³-hybridized carbons (Fsp3) is 0.0833. The molecule has 0 amide bonds. The molecule has 1 heterocycles. The first-order valence-corrected chi connectivity index (χ1v) is 5.89. The van der Waals surface area contributed by atoms with Gasteiger partial charge in [0.1, 0.15) is 10.4 Å². The van der Waals surface area contributed by atoms with Gasteiger partial charge in [0, 0.05) is 6.07 Å². The number of benzene rings is 1. The first kappa shape index (κ1) is 11.4. The Morgan fingerprint density at radius 3 is 2.81 bits per heavy atom. The number of nitrogens with zero attached hydrogens (tertiary/aromatic N) is 1. The van der Waals surface area contributed by atoms with Crippen LogP contribution in [0.5, 0.6) is 11.6 Å². The monoisotopic (exact) mass is 297 g/mol. The molecule has 2 rings (SSSR count). The van der Waals surface area contributed by atoms with Gasteiger partial charge in [0.05, 0.1) is 5.02 Å². The summed E-state index contributed by atoms with van der Waals surface area (Å²) in [7, 11) is 0. The summed E-state index contributed by atoms with van der Waals surface area (Å²) in [6.07, 6.45) is 0. The Morgan fingerprint density at radius 2 is 2.06 bits per heavy atom. The van der Waals surface area contributed by atoms with Gasteiger partial charge >= 0.3 is 0 Å². The second kappa shape index (κ2) is 4.85. The lowest BCUT2D eigenvalue weighted by Gasteiger charge is -2.07. The minimum Gasteiger partial charge on any atom is -0.437 e. The van der Waals surface area contributed by atoms with E-state index in [0.717, 1.165) is 10.2 Å². The molecule has 0 saturated carbocycles. The van der Waals surface area contributed by atoms with Crippen molar-refractivity contribution in [3.8, 4) is 11.6 Å². The van der Waals surface area contributed by atoms with Crippen molar-refractivity contribution in [3.05, 3.63) is 51.6 Å². The third-order valence-electron chi connectivity index (χ3n) is 1.99. The lowest BCUT2D eigenvalue weighted by Crippen LogP contribution is -1.89. The van der Waals surface area contributed by atoms with Crippen molar-refractivity contribution >= 4 is 27.5 Å². The van der Waals surface area contributed by atoms with Crippen LogP contribution < -0.4 is 4.74 Å². The van der Waals surface area contributed by atoms with Gasteiger partial charge in [-0.1, -0.05) is 23.7 Å². The number of hydrogen-bond donors (Lipinski definition) is 0. The van der Waals surface area contributed by atoms with E-state index in [0.29, 0.717) is 16.7 Å². The SMILES string of the molecule is Cc1ccc(Cl)c(Oc2cccc(Br)n2)c1. The average Bonchev–Trinajstić information content (AvgIpc) is 2.24. The summed E-state index contributed by atoms with van der Waals surface area (Å²) in [4.78, 5) is 4.18. The minimum absolute atomic E-state index is 0.516. The van der Waals surface area contributed by atoms with Gasteiger partial charge in [0.25, 0.3) is 0 Å². The van der Waals surface area contributed by atoms with Crippen LogP contribution in [0.4, 0.5) is 0 Å². The summed E-state index contributed by atoms with van der Waals surface area (Å²) in [5, 5.41) is 0.576. The number of pyridine rings is 1. The Balaban J connectivity index is 2.30. The summed E-state index contributed by atoms with van der Waals surface area (Å²) < 4.78 is 6.33. The molecule has 16 heavy (non-hydrogen) atoms.